The van der Waals surface area contributed by atoms with Gasteiger partial charge >= 0.3 is 0 Å². The van der Waals surface area contributed by atoms with Gasteiger partial charge in [0.15, 0.2) is 5.75 Å². The summed E-state index contributed by atoms with van der Waals surface area (Å²) in [7, 11) is 0. The summed E-state index contributed by atoms with van der Waals surface area (Å²) in [5.74, 6) is 0.401. The van der Waals surface area contributed by atoms with Crippen molar-refractivity contribution in [3.63, 3.8) is 0 Å². The molecule has 0 amide bonds. The van der Waals surface area contributed by atoms with Gasteiger partial charge in [-0.25, -0.2) is 0 Å². The van der Waals surface area contributed by atoms with E-state index in [1.54, 1.807) is 6.07 Å². The highest BCUT2D eigenvalue weighted by atomic mass is 16.3. The summed E-state index contributed by atoms with van der Waals surface area (Å²) < 4.78 is 0. The Balaban J connectivity index is 1.71. The minimum atomic E-state index is 0.0937. The Labute approximate surface area is 143 Å². The fourth-order valence-corrected chi connectivity index (χ4v) is 3.66. The summed E-state index contributed by atoms with van der Waals surface area (Å²) in [4.78, 5) is 2.39. The van der Waals surface area contributed by atoms with Crippen molar-refractivity contribution in [3.8, 4) is 5.75 Å². The van der Waals surface area contributed by atoms with Crippen LogP contribution in [0.4, 0.5) is 5.69 Å². The van der Waals surface area contributed by atoms with E-state index in [4.69, 9.17) is 0 Å². The van der Waals surface area contributed by atoms with Gasteiger partial charge in [-0.2, -0.15) is 0 Å². The number of anilines is 1. The third-order valence-corrected chi connectivity index (χ3v) is 4.82. The molecule has 0 saturated carbocycles. The number of rotatable bonds is 3. The maximum Gasteiger partial charge on any atom is 0.179 e. The highest BCUT2D eigenvalue weighted by molar-refractivity contribution is 5.61. The summed E-state index contributed by atoms with van der Waals surface area (Å²) in [5, 5.41) is 12.0. The minimum absolute atomic E-state index is 0.0937. The first-order chi connectivity index (χ1) is 11.8. The lowest BCUT2D eigenvalue weighted by molar-refractivity contribution is 0.354. The Hall–Kier alpha value is -2.74. The van der Waals surface area contributed by atoms with Crippen molar-refractivity contribution < 1.29 is 5.11 Å². The second kappa shape index (κ2) is 6.40. The van der Waals surface area contributed by atoms with Gasteiger partial charge in [0.05, 0.1) is 0 Å². The van der Waals surface area contributed by atoms with Crippen molar-refractivity contribution in [3.05, 3.63) is 95.6 Å². The van der Waals surface area contributed by atoms with Crippen LogP contribution in [0.1, 0.15) is 29.0 Å². The fraction of sp³-hybridized carbons (Fsp3) is 0.182. The molecule has 1 radical (unpaired) electrons. The van der Waals surface area contributed by atoms with Crippen LogP contribution < -0.4 is 4.90 Å². The molecule has 0 N–H and O–H groups in total. The van der Waals surface area contributed by atoms with Crippen molar-refractivity contribution in [1.29, 1.82) is 0 Å². The summed E-state index contributed by atoms with van der Waals surface area (Å²) in [5.41, 5.74) is 4.95. The largest absolute Gasteiger partial charge is 0.367 e. The van der Waals surface area contributed by atoms with Crippen molar-refractivity contribution in [1.82, 2.24) is 0 Å². The Morgan fingerprint density at radius 3 is 2.33 bits per heavy atom. The van der Waals surface area contributed by atoms with Gasteiger partial charge in [-0.3, -0.25) is 5.11 Å². The summed E-state index contributed by atoms with van der Waals surface area (Å²) in [6, 6.07) is 26.5. The quantitative estimate of drug-likeness (QED) is 0.637. The van der Waals surface area contributed by atoms with Gasteiger partial charge in [-0.1, -0.05) is 60.7 Å². The fourth-order valence-electron chi connectivity index (χ4n) is 3.66. The van der Waals surface area contributed by atoms with Gasteiger partial charge in [0.25, 0.3) is 0 Å². The van der Waals surface area contributed by atoms with Crippen LogP contribution in [0.15, 0.2) is 78.9 Å². The molecule has 0 bridgehead atoms. The predicted octanol–water partition coefficient (Wildman–Crippen LogP) is 5.37. The molecular formula is C22H20NO. The minimum Gasteiger partial charge on any atom is -0.367 e. The number of hydrogen-bond acceptors (Lipinski definition) is 1. The van der Waals surface area contributed by atoms with E-state index in [0.29, 0.717) is 5.92 Å². The molecule has 3 aromatic rings. The van der Waals surface area contributed by atoms with E-state index in [2.05, 4.69) is 53.4 Å². The molecule has 0 spiro atoms. The van der Waals surface area contributed by atoms with E-state index in [0.717, 1.165) is 25.1 Å². The zero-order chi connectivity index (χ0) is 16.4. The maximum atomic E-state index is 12.0. The van der Waals surface area contributed by atoms with E-state index >= 15 is 0 Å². The molecule has 1 unspecified atom stereocenters. The lowest BCUT2D eigenvalue weighted by Crippen LogP contribution is -2.31. The third-order valence-electron chi connectivity index (χ3n) is 4.82. The van der Waals surface area contributed by atoms with E-state index in [1.807, 2.05) is 24.3 Å². The average Bonchev–Trinajstić information content (AvgIpc) is 2.63. The standard InChI is InChI=1S/C22H20NO/c24-19-11-12-22-21(15-19)20(18-9-5-2-6-10-18)13-14-23(22)16-17-7-3-1-4-8-17/h1-12,15,20H,13-14,16H2. The topological polar surface area (TPSA) is 23.1 Å². The zero-order valence-electron chi connectivity index (χ0n) is 13.6. The first kappa shape index (κ1) is 14.8. The van der Waals surface area contributed by atoms with Crippen LogP contribution in [-0.2, 0) is 11.7 Å². The number of fused-ring (bicyclic) bond motifs is 1. The van der Waals surface area contributed by atoms with Crippen molar-refractivity contribution >= 4 is 5.69 Å². The Bertz CT molecular complexity index is 814. The van der Waals surface area contributed by atoms with Crippen LogP contribution in [0, 0.1) is 0 Å². The van der Waals surface area contributed by atoms with Gasteiger partial charge in [0.2, 0.25) is 0 Å². The molecule has 2 heteroatoms. The molecular weight excluding hydrogens is 294 g/mol. The average molecular weight is 314 g/mol. The molecule has 0 aromatic heterocycles. The van der Waals surface area contributed by atoms with Gasteiger partial charge in [-0.05, 0) is 41.3 Å². The Morgan fingerprint density at radius 1 is 0.875 bits per heavy atom. The predicted molar refractivity (Wildman–Crippen MR) is 97.0 cm³/mol. The molecule has 119 valence electrons. The van der Waals surface area contributed by atoms with Crippen molar-refractivity contribution in [2.24, 2.45) is 0 Å². The molecule has 0 fully saturated rings. The monoisotopic (exact) mass is 314 g/mol. The molecule has 1 aliphatic rings. The molecule has 0 aliphatic carbocycles. The molecule has 1 atom stereocenters. The van der Waals surface area contributed by atoms with Gasteiger partial charge in [0, 0.05) is 24.7 Å². The smallest absolute Gasteiger partial charge is 0.179 e. The SMILES string of the molecule is [O]c1ccc2c(c1)C(c1ccccc1)CCN2Cc1ccccc1. The van der Waals surface area contributed by atoms with Crippen LogP contribution in [-0.4, -0.2) is 6.54 Å². The lowest BCUT2D eigenvalue weighted by Gasteiger charge is -2.36. The second-order valence-corrected chi connectivity index (χ2v) is 6.38. The van der Waals surface area contributed by atoms with Gasteiger partial charge in [0.1, 0.15) is 0 Å². The Morgan fingerprint density at radius 2 is 1.58 bits per heavy atom. The van der Waals surface area contributed by atoms with Crippen LogP contribution in [0.3, 0.4) is 0 Å². The summed E-state index contributed by atoms with van der Waals surface area (Å²) >= 11 is 0. The lowest BCUT2D eigenvalue weighted by atomic mass is 9.84. The van der Waals surface area contributed by atoms with Crippen LogP contribution in [0.5, 0.6) is 5.75 Å². The van der Waals surface area contributed by atoms with E-state index in [1.165, 1.54) is 16.8 Å². The van der Waals surface area contributed by atoms with Crippen LogP contribution in [0.2, 0.25) is 0 Å². The van der Waals surface area contributed by atoms with Crippen molar-refractivity contribution in [2.75, 3.05) is 11.4 Å². The molecule has 3 aromatic carbocycles. The van der Waals surface area contributed by atoms with Crippen LogP contribution >= 0.6 is 0 Å². The molecule has 4 rings (SSSR count). The molecule has 2 nitrogen and oxygen atoms in total. The normalized spacial score (nSPS) is 16.7. The number of nitrogens with zero attached hydrogens (tertiary/aromatic N) is 1. The van der Waals surface area contributed by atoms with E-state index in [-0.39, 0.29) is 5.75 Å². The third kappa shape index (κ3) is 2.88. The highest BCUT2D eigenvalue weighted by Crippen LogP contribution is 2.41. The first-order valence-corrected chi connectivity index (χ1v) is 8.46. The Kier molecular flexibility index (Phi) is 3.96. The maximum absolute atomic E-state index is 12.0. The van der Waals surface area contributed by atoms with Crippen molar-refractivity contribution in [2.45, 2.75) is 18.9 Å². The highest BCUT2D eigenvalue weighted by Gasteiger charge is 2.26. The van der Waals surface area contributed by atoms with Gasteiger partial charge < -0.3 is 4.90 Å². The second-order valence-electron chi connectivity index (χ2n) is 6.38. The van der Waals surface area contributed by atoms with E-state index < -0.39 is 0 Å². The summed E-state index contributed by atoms with van der Waals surface area (Å²) in [6.07, 6.45) is 1.04. The molecule has 1 aliphatic heterocycles. The first-order valence-electron chi connectivity index (χ1n) is 8.46. The molecule has 1 heterocycles. The number of hydrogen-bond donors (Lipinski definition) is 0. The summed E-state index contributed by atoms with van der Waals surface area (Å²) in [6.45, 7) is 1.88. The number of benzene rings is 3. The van der Waals surface area contributed by atoms with Crippen LogP contribution in [0.25, 0.3) is 0 Å². The molecule has 24 heavy (non-hydrogen) atoms. The molecule has 0 saturated heterocycles. The zero-order valence-corrected chi connectivity index (χ0v) is 13.6. The van der Waals surface area contributed by atoms with E-state index in [9.17, 15) is 5.11 Å². The van der Waals surface area contributed by atoms with Gasteiger partial charge in [-0.15, -0.1) is 0 Å².